The van der Waals surface area contributed by atoms with E-state index >= 15 is 0 Å². The van der Waals surface area contributed by atoms with Gasteiger partial charge < -0.3 is 10.6 Å². The standard InChI is InChI=1S/C15H25N3O2S/c1-12-5-6-13(9-14(12)17(3)4)21(19,20)18-8-7-15(2,10-16)11-18/h5-6,9H,7-8,10-11,16H2,1-4H3. The minimum absolute atomic E-state index is 0.109. The van der Waals surface area contributed by atoms with Crippen molar-refractivity contribution in [2.75, 3.05) is 38.6 Å². The molecule has 5 nitrogen and oxygen atoms in total. The van der Waals surface area contributed by atoms with Crippen LogP contribution in [-0.2, 0) is 10.0 Å². The van der Waals surface area contributed by atoms with Gasteiger partial charge in [-0.25, -0.2) is 8.42 Å². The SMILES string of the molecule is Cc1ccc(S(=O)(=O)N2CCC(C)(CN)C2)cc1N(C)C. The highest BCUT2D eigenvalue weighted by Gasteiger charge is 2.39. The number of hydrogen-bond acceptors (Lipinski definition) is 4. The van der Waals surface area contributed by atoms with Gasteiger partial charge in [-0.15, -0.1) is 0 Å². The Hall–Kier alpha value is -1.11. The molecule has 0 aliphatic carbocycles. The number of nitrogens with zero attached hydrogens (tertiary/aromatic N) is 2. The highest BCUT2D eigenvalue weighted by molar-refractivity contribution is 7.89. The van der Waals surface area contributed by atoms with Crippen molar-refractivity contribution in [2.45, 2.75) is 25.2 Å². The molecule has 1 saturated heterocycles. The van der Waals surface area contributed by atoms with Crippen molar-refractivity contribution in [2.24, 2.45) is 11.1 Å². The lowest BCUT2D eigenvalue weighted by Crippen LogP contribution is -2.34. The fourth-order valence-electron chi connectivity index (χ4n) is 2.73. The second-order valence-corrected chi connectivity index (χ2v) is 8.38. The third-order valence-electron chi connectivity index (χ3n) is 4.32. The molecule has 1 aliphatic heterocycles. The first-order valence-corrected chi connectivity index (χ1v) is 8.62. The Labute approximate surface area is 127 Å². The van der Waals surface area contributed by atoms with Crippen LogP contribution in [-0.4, -0.2) is 46.5 Å². The number of sulfonamides is 1. The molecule has 1 aliphatic rings. The van der Waals surface area contributed by atoms with Crippen molar-refractivity contribution in [3.8, 4) is 0 Å². The van der Waals surface area contributed by atoms with E-state index in [0.29, 0.717) is 24.5 Å². The smallest absolute Gasteiger partial charge is 0.243 e. The molecule has 0 radical (unpaired) electrons. The minimum Gasteiger partial charge on any atom is -0.377 e. The van der Waals surface area contributed by atoms with Crippen LogP contribution in [0.15, 0.2) is 23.1 Å². The van der Waals surface area contributed by atoms with Crippen LogP contribution >= 0.6 is 0 Å². The molecule has 1 unspecified atom stereocenters. The fraction of sp³-hybridized carbons (Fsp3) is 0.600. The van der Waals surface area contributed by atoms with Gasteiger partial charge in [-0.3, -0.25) is 0 Å². The van der Waals surface area contributed by atoms with Gasteiger partial charge in [-0.2, -0.15) is 4.31 Å². The predicted molar refractivity (Wildman–Crippen MR) is 86.0 cm³/mol. The lowest BCUT2D eigenvalue weighted by molar-refractivity contribution is 0.349. The van der Waals surface area contributed by atoms with Crippen LogP contribution in [0.3, 0.4) is 0 Å². The van der Waals surface area contributed by atoms with E-state index in [2.05, 4.69) is 0 Å². The highest BCUT2D eigenvalue weighted by atomic mass is 32.2. The van der Waals surface area contributed by atoms with E-state index in [1.165, 1.54) is 0 Å². The molecular formula is C15H25N3O2S. The average molecular weight is 311 g/mol. The van der Waals surface area contributed by atoms with Crippen molar-refractivity contribution in [1.82, 2.24) is 4.31 Å². The summed E-state index contributed by atoms with van der Waals surface area (Å²) in [5.74, 6) is 0. The normalized spacial score (nSPS) is 23.5. The number of anilines is 1. The molecule has 1 heterocycles. The lowest BCUT2D eigenvalue weighted by Gasteiger charge is -2.23. The van der Waals surface area contributed by atoms with Crippen LogP contribution in [0.4, 0.5) is 5.69 Å². The fourth-order valence-corrected chi connectivity index (χ4v) is 4.34. The van der Waals surface area contributed by atoms with E-state index in [9.17, 15) is 8.42 Å². The van der Waals surface area contributed by atoms with E-state index in [1.54, 1.807) is 16.4 Å². The molecule has 1 aromatic rings. The maximum Gasteiger partial charge on any atom is 0.243 e. The summed E-state index contributed by atoms with van der Waals surface area (Å²) < 4.78 is 27.1. The largest absolute Gasteiger partial charge is 0.377 e. The monoisotopic (exact) mass is 311 g/mol. The van der Waals surface area contributed by atoms with Gasteiger partial charge in [0.15, 0.2) is 0 Å². The molecule has 1 aromatic carbocycles. The van der Waals surface area contributed by atoms with Gasteiger partial charge >= 0.3 is 0 Å². The number of aryl methyl sites for hydroxylation is 1. The van der Waals surface area contributed by atoms with Crippen LogP contribution in [0.25, 0.3) is 0 Å². The molecular weight excluding hydrogens is 286 g/mol. The van der Waals surface area contributed by atoms with Gasteiger partial charge in [0.05, 0.1) is 4.90 Å². The van der Waals surface area contributed by atoms with Crippen LogP contribution in [0, 0.1) is 12.3 Å². The summed E-state index contributed by atoms with van der Waals surface area (Å²) in [5.41, 5.74) is 7.65. The van der Waals surface area contributed by atoms with E-state index in [0.717, 1.165) is 17.7 Å². The number of hydrogen-bond donors (Lipinski definition) is 1. The molecule has 0 amide bonds. The topological polar surface area (TPSA) is 66.6 Å². The summed E-state index contributed by atoms with van der Waals surface area (Å²) >= 11 is 0. The Balaban J connectivity index is 2.35. The molecule has 1 atom stereocenters. The second kappa shape index (κ2) is 5.59. The predicted octanol–water partition coefficient (Wildman–Crippen LogP) is 1.42. The first-order valence-electron chi connectivity index (χ1n) is 7.18. The highest BCUT2D eigenvalue weighted by Crippen LogP contribution is 2.33. The number of nitrogens with two attached hydrogens (primary N) is 1. The molecule has 21 heavy (non-hydrogen) atoms. The zero-order valence-electron chi connectivity index (χ0n) is 13.3. The second-order valence-electron chi connectivity index (χ2n) is 6.45. The van der Waals surface area contributed by atoms with Crippen LogP contribution in [0.2, 0.25) is 0 Å². The summed E-state index contributed by atoms with van der Waals surface area (Å²) in [5, 5.41) is 0. The number of rotatable bonds is 4. The van der Waals surface area contributed by atoms with Crippen molar-refractivity contribution in [3.05, 3.63) is 23.8 Å². The third kappa shape index (κ3) is 3.07. The lowest BCUT2D eigenvalue weighted by atomic mass is 9.90. The molecule has 0 bridgehead atoms. The van der Waals surface area contributed by atoms with Gasteiger partial charge in [0.1, 0.15) is 0 Å². The molecule has 0 aromatic heterocycles. The Morgan fingerprint density at radius 2 is 2.05 bits per heavy atom. The summed E-state index contributed by atoms with van der Waals surface area (Å²) in [6, 6.07) is 5.30. The first-order chi connectivity index (χ1) is 9.69. The maximum absolute atomic E-state index is 12.8. The first kappa shape index (κ1) is 16.3. The zero-order valence-corrected chi connectivity index (χ0v) is 14.1. The van der Waals surface area contributed by atoms with Gasteiger partial charge in [-0.1, -0.05) is 13.0 Å². The van der Waals surface area contributed by atoms with Crippen molar-refractivity contribution in [1.29, 1.82) is 0 Å². The summed E-state index contributed by atoms with van der Waals surface area (Å²) in [7, 11) is 0.392. The zero-order chi connectivity index (χ0) is 15.8. The number of benzene rings is 1. The minimum atomic E-state index is -3.44. The molecule has 2 N–H and O–H groups in total. The van der Waals surface area contributed by atoms with E-state index in [4.69, 9.17) is 5.73 Å². The quantitative estimate of drug-likeness (QED) is 0.913. The maximum atomic E-state index is 12.8. The molecule has 118 valence electrons. The Morgan fingerprint density at radius 3 is 2.57 bits per heavy atom. The molecule has 0 spiro atoms. The van der Waals surface area contributed by atoms with Gasteiger partial charge in [-0.05, 0) is 43.0 Å². The Kier molecular flexibility index (Phi) is 4.33. The van der Waals surface area contributed by atoms with E-state index in [1.807, 2.05) is 38.9 Å². The Morgan fingerprint density at radius 1 is 1.38 bits per heavy atom. The molecule has 1 fully saturated rings. The van der Waals surface area contributed by atoms with Crippen molar-refractivity contribution >= 4 is 15.7 Å². The Bertz CT molecular complexity index is 628. The summed E-state index contributed by atoms with van der Waals surface area (Å²) in [6.45, 7) is 5.57. The van der Waals surface area contributed by atoms with E-state index in [-0.39, 0.29) is 5.41 Å². The van der Waals surface area contributed by atoms with Gasteiger partial charge in [0.25, 0.3) is 0 Å². The van der Waals surface area contributed by atoms with Crippen molar-refractivity contribution in [3.63, 3.8) is 0 Å². The summed E-state index contributed by atoms with van der Waals surface area (Å²) in [6.07, 6.45) is 0.815. The average Bonchev–Trinajstić information content (AvgIpc) is 2.83. The van der Waals surface area contributed by atoms with Crippen LogP contribution in [0.1, 0.15) is 18.9 Å². The van der Waals surface area contributed by atoms with Crippen LogP contribution < -0.4 is 10.6 Å². The van der Waals surface area contributed by atoms with Gasteiger partial charge in [0.2, 0.25) is 10.0 Å². The third-order valence-corrected chi connectivity index (χ3v) is 6.16. The molecule has 0 saturated carbocycles. The molecule has 6 heteroatoms. The van der Waals surface area contributed by atoms with Gasteiger partial charge in [0, 0.05) is 32.9 Å². The van der Waals surface area contributed by atoms with Crippen molar-refractivity contribution < 1.29 is 8.42 Å². The van der Waals surface area contributed by atoms with E-state index < -0.39 is 10.0 Å². The van der Waals surface area contributed by atoms with Crippen LogP contribution in [0.5, 0.6) is 0 Å². The summed E-state index contributed by atoms with van der Waals surface area (Å²) in [4.78, 5) is 2.29. The molecule has 2 rings (SSSR count).